The van der Waals surface area contributed by atoms with Crippen LogP contribution >= 0.6 is 0 Å². The first kappa shape index (κ1) is 17.8. The molecule has 1 rings (SSSR count). The summed E-state index contributed by atoms with van der Waals surface area (Å²) in [5.74, 6) is 0. The van der Waals surface area contributed by atoms with Gasteiger partial charge in [0.15, 0.2) is 6.29 Å². The summed E-state index contributed by atoms with van der Waals surface area (Å²) < 4.78 is 10.6. The van der Waals surface area contributed by atoms with E-state index in [-0.39, 0.29) is 6.29 Å². The minimum Gasteiger partial charge on any atom is -0.356 e. The minimum absolute atomic E-state index is 0.157. The van der Waals surface area contributed by atoms with Crippen molar-refractivity contribution in [3.63, 3.8) is 0 Å². The summed E-state index contributed by atoms with van der Waals surface area (Å²) in [6.07, 6.45) is 0.677. The average molecular weight is 288 g/mol. The molecule has 1 unspecified atom stereocenters. The van der Waals surface area contributed by atoms with Crippen LogP contribution in [-0.2, 0) is 9.47 Å². The van der Waals surface area contributed by atoms with E-state index in [1.165, 1.54) is 0 Å². The lowest BCUT2D eigenvalue weighted by atomic mass is 10.1. The van der Waals surface area contributed by atoms with Gasteiger partial charge in [0, 0.05) is 72.5 Å². The first-order valence-electron chi connectivity index (χ1n) is 7.47. The van der Waals surface area contributed by atoms with Gasteiger partial charge in [-0.25, -0.2) is 0 Å². The molecule has 0 aromatic heterocycles. The van der Waals surface area contributed by atoms with E-state index in [0.29, 0.717) is 12.6 Å². The lowest BCUT2D eigenvalue weighted by Gasteiger charge is -2.40. The molecule has 0 saturated carbocycles. The Bertz CT molecular complexity index is 241. The van der Waals surface area contributed by atoms with Gasteiger partial charge in [0.1, 0.15) is 0 Å². The Morgan fingerprint density at radius 3 is 2.15 bits per heavy atom. The highest BCUT2D eigenvalue weighted by Gasteiger charge is 2.25. The number of piperazine rings is 1. The zero-order valence-corrected chi connectivity index (χ0v) is 13.5. The highest BCUT2D eigenvalue weighted by molar-refractivity contribution is 4.80. The second-order valence-electron chi connectivity index (χ2n) is 5.71. The van der Waals surface area contributed by atoms with Gasteiger partial charge in [0.05, 0.1) is 0 Å². The maximum atomic E-state index is 5.92. The Labute approximate surface area is 123 Å². The Balaban J connectivity index is 2.34. The third kappa shape index (κ3) is 6.03. The molecule has 0 amide bonds. The molecule has 20 heavy (non-hydrogen) atoms. The summed E-state index contributed by atoms with van der Waals surface area (Å²) in [4.78, 5) is 7.22. The molecule has 1 aliphatic rings. The molecule has 0 radical (unpaired) electrons. The second-order valence-corrected chi connectivity index (χ2v) is 5.71. The van der Waals surface area contributed by atoms with Gasteiger partial charge in [0.2, 0.25) is 0 Å². The summed E-state index contributed by atoms with van der Waals surface area (Å²) in [7, 11) is 7.61. The number of rotatable bonds is 9. The van der Waals surface area contributed by atoms with Crippen molar-refractivity contribution >= 4 is 0 Å². The molecule has 0 aliphatic carbocycles. The van der Waals surface area contributed by atoms with Gasteiger partial charge in [-0.15, -0.1) is 0 Å². The van der Waals surface area contributed by atoms with E-state index in [1.807, 2.05) is 0 Å². The van der Waals surface area contributed by atoms with Crippen LogP contribution in [0.15, 0.2) is 0 Å². The number of methoxy groups -OCH3 is 2. The first-order valence-corrected chi connectivity index (χ1v) is 7.47. The van der Waals surface area contributed by atoms with Crippen LogP contribution in [0.25, 0.3) is 0 Å². The fourth-order valence-corrected chi connectivity index (χ4v) is 2.60. The van der Waals surface area contributed by atoms with Gasteiger partial charge >= 0.3 is 0 Å². The summed E-state index contributed by atoms with van der Waals surface area (Å²) in [6.45, 7) is 7.32. The molecular weight excluding hydrogens is 256 g/mol. The maximum absolute atomic E-state index is 5.92. The SMILES string of the molecule is COC(CC(CN)N1CCN(CCN(C)C)CC1)OC. The van der Waals surface area contributed by atoms with Crippen molar-refractivity contribution in [3.8, 4) is 0 Å². The normalized spacial score (nSPS) is 19.9. The molecule has 6 nitrogen and oxygen atoms in total. The first-order chi connectivity index (χ1) is 9.60. The highest BCUT2D eigenvalue weighted by atomic mass is 16.7. The highest BCUT2D eigenvalue weighted by Crippen LogP contribution is 2.12. The van der Waals surface area contributed by atoms with Crippen LogP contribution in [0.2, 0.25) is 0 Å². The van der Waals surface area contributed by atoms with Crippen molar-refractivity contribution in [3.05, 3.63) is 0 Å². The molecular formula is C14H32N4O2. The monoisotopic (exact) mass is 288 g/mol. The Kier molecular flexibility index (Phi) is 8.60. The van der Waals surface area contributed by atoms with E-state index in [9.17, 15) is 0 Å². The maximum Gasteiger partial charge on any atom is 0.158 e. The van der Waals surface area contributed by atoms with Crippen LogP contribution in [-0.4, -0.2) is 101 Å². The van der Waals surface area contributed by atoms with Crippen molar-refractivity contribution in [1.29, 1.82) is 0 Å². The van der Waals surface area contributed by atoms with E-state index in [0.717, 1.165) is 45.7 Å². The molecule has 1 fully saturated rings. The van der Waals surface area contributed by atoms with Crippen molar-refractivity contribution in [2.75, 3.05) is 74.1 Å². The molecule has 1 aliphatic heterocycles. The molecule has 6 heteroatoms. The van der Waals surface area contributed by atoms with E-state index < -0.39 is 0 Å². The van der Waals surface area contributed by atoms with E-state index in [4.69, 9.17) is 15.2 Å². The molecule has 0 bridgehead atoms. The fourth-order valence-electron chi connectivity index (χ4n) is 2.60. The number of nitrogens with zero attached hydrogens (tertiary/aromatic N) is 3. The zero-order chi connectivity index (χ0) is 15.0. The predicted octanol–water partition coefficient (Wildman–Crippen LogP) is -0.498. The number of nitrogens with two attached hydrogens (primary N) is 1. The van der Waals surface area contributed by atoms with Crippen LogP contribution in [0.4, 0.5) is 0 Å². The fraction of sp³-hybridized carbons (Fsp3) is 1.00. The molecule has 120 valence electrons. The van der Waals surface area contributed by atoms with Crippen LogP contribution in [0.1, 0.15) is 6.42 Å². The molecule has 0 aromatic rings. The van der Waals surface area contributed by atoms with Gasteiger partial charge in [-0.1, -0.05) is 0 Å². The largest absolute Gasteiger partial charge is 0.356 e. The van der Waals surface area contributed by atoms with Gasteiger partial charge in [0.25, 0.3) is 0 Å². The van der Waals surface area contributed by atoms with Crippen molar-refractivity contribution in [2.24, 2.45) is 5.73 Å². The van der Waals surface area contributed by atoms with Crippen molar-refractivity contribution in [2.45, 2.75) is 18.8 Å². The van der Waals surface area contributed by atoms with Crippen molar-refractivity contribution < 1.29 is 9.47 Å². The van der Waals surface area contributed by atoms with Gasteiger partial charge in [-0.2, -0.15) is 0 Å². The number of hydrogen-bond acceptors (Lipinski definition) is 6. The van der Waals surface area contributed by atoms with Gasteiger partial charge in [-0.05, 0) is 14.1 Å². The van der Waals surface area contributed by atoms with Gasteiger partial charge in [-0.3, -0.25) is 9.80 Å². The Morgan fingerprint density at radius 2 is 1.70 bits per heavy atom. The number of ether oxygens (including phenoxy) is 2. The summed E-state index contributed by atoms with van der Waals surface area (Å²) in [5.41, 5.74) is 5.92. The third-order valence-corrected chi connectivity index (χ3v) is 4.05. The molecule has 1 saturated heterocycles. The van der Waals surface area contributed by atoms with E-state index in [2.05, 4.69) is 28.8 Å². The Hall–Kier alpha value is -0.240. The zero-order valence-electron chi connectivity index (χ0n) is 13.5. The van der Waals surface area contributed by atoms with Crippen LogP contribution < -0.4 is 5.73 Å². The molecule has 0 aromatic carbocycles. The van der Waals surface area contributed by atoms with Crippen LogP contribution in [0.5, 0.6) is 0 Å². The molecule has 1 atom stereocenters. The second kappa shape index (κ2) is 9.65. The summed E-state index contributed by atoms with van der Waals surface area (Å²) >= 11 is 0. The molecule has 0 spiro atoms. The van der Waals surface area contributed by atoms with Crippen molar-refractivity contribution in [1.82, 2.24) is 14.7 Å². The quantitative estimate of drug-likeness (QED) is 0.578. The average Bonchev–Trinajstić information content (AvgIpc) is 2.47. The lowest BCUT2D eigenvalue weighted by molar-refractivity contribution is -0.118. The smallest absolute Gasteiger partial charge is 0.158 e. The summed E-state index contributed by atoms with van der Waals surface area (Å²) in [5, 5.41) is 0. The van der Waals surface area contributed by atoms with E-state index >= 15 is 0 Å². The number of hydrogen-bond donors (Lipinski definition) is 1. The van der Waals surface area contributed by atoms with E-state index in [1.54, 1.807) is 14.2 Å². The van der Waals surface area contributed by atoms with Gasteiger partial charge < -0.3 is 20.1 Å². The Morgan fingerprint density at radius 1 is 1.10 bits per heavy atom. The summed E-state index contributed by atoms with van der Waals surface area (Å²) in [6, 6.07) is 0.343. The minimum atomic E-state index is -0.157. The topological polar surface area (TPSA) is 54.2 Å². The lowest BCUT2D eigenvalue weighted by Crippen LogP contribution is -2.54. The van der Waals surface area contributed by atoms with Crippen LogP contribution in [0, 0.1) is 0 Å². The molecule has 1 heterocycles. The number of likely N-dealkylation sites (N-methyl/N-ethyl adjacent to an activating group) is 1. The third-order valence-electron chi connectivity index (χ3n) is 4.05. The predicted molar refractivity (Wildman–Crippen MR) is 81.8 cm³/mol. The molecule has 2 N–H and O–H groups in total. The van der Waals surface area contributed by atoms with Crippen LogP contribution in [0.3, 0.4) is 0 Å². The standard InChI is InChI=1S/C14H32N4O2/c1-16(2)5-6-17-7-9-18(10-8-17)13(12-15)11-14(19-3)20-4/h13-14H,5-12,15H2,1-4H3.